The number of nitrogens with zero attached hydrogens (tertiary/aromatic N) is 4. The fourth-order valence-electron chi connectivity index (χ4n) is 4.83. The first kappa shape index (κ1) is 25.5. The number of halogens is 1. The highest BCUT2D eigenvalue weighted by Gasteiger charge is 2.39. The lowest BCUT2D eigenvalue weighted by atomic mass is 10.1. The van der Waals surface area contributed by atoms with Gasteiger partial charge in [0, 0.05) is 18.9 Å². The van der Waals surface area contributed by atoms with Gasteiger partial charge in [-0.3, -0.25) is 4.57 Å². The molecule has 1 aliphatic heterocycles. The van der Waals surface area contributed by atoms with Gasteiger partial charge in [-0.25, -0.2) is 4.68 Å². The van der Waals surface area contributed by atoms with Gasteiger partial charge in [-0.1, -0.05) is 43.2 Å². The molecule has 4 N–H and O–H groups in total. The van der Waals surface area contributed by atoms with Crippen LogP contribution in [0.15, 0.2) is 36.5 Å². The molecule has 1 saturated heterocycles. The molecular weight excluding hydrogens is 509 g/mol. The number of hydrogen-bond donors (Lipinski definition) is 4. The Hall–Kier alpha value is -2.11. The number of hydrogen-bond acceptors (Lipinski definition) is 8. The van der Waals surface area contributed by atoms with Gasteiger partial charge >= 0.3 is 7.60 Å². The Morgan fingerprint density at radius 2 is 1.97 bits per heavy atom. The van der Waals surface area contributed by atoms with Crippen molar-refractivity contribution in [1.29, 1.82) is 0 Å². The molecule has 0 bridgehead atoms. The number of rotatable bonds is 9. The second kappa shape index (κ2) is 10.7. The summed E-state index contributed by atoms with van der Waals surface area (Å²) in [5.74, 6) is -0.720. The first-order valence-corrected chi connectivity index (χ1v) is 14.1. The van der Waals surface area contributed by atoms with Gasteiger partial charge in [0.05, 0.1) is 24.3 Å². The van der Waals surface area contributed by atoms with E-state index in [1.807, 2.05) is 6.07 Å². The van der Waals surface area contributed by atoms with Crippen molar-refractivity contribution >= 4 is 36.0 Å². The molecule has 1 aliphatic carbocycles. The monoisotopic (exact) mass is 537 g/mol. The molecule has 3 heterocycles. The molecule has 3 aromatic rings. The maximum absolute atomic E-state index is 12.0. The van der Waals surface area contributed by atoms with Crippen LogP contribution < -0.4 is 5.32 Å². The highest BCUT2D eigenvalue weighted by molar-refractivity contribution is 7.52. The molecule has 2 fully saturated rings. The number of ether oxygens (including phenoxy) is 2. The van der Waals surface area contributed by atoms with E-state index < -0.39 is 31.9 Å². The molecule has 4 atom stereocenters. The fourth-order valence-corrected chi connectivity index (χ4v) is 5.72. The predicted octanol–water partition coefficient (Wildman–Crippen LogP) is 3.25. The van der Waals surface area contributed by atoms with Crippen LogP contribution in [0.5, 0.6) is 0 Å². The topological polar surface area (TPSA) is 152 Å². The standard InChI is InChI=1S/C23H29ClN5O6P/c24-23-27-20(26-15-8-4-5-9-15)17-12-25-29(21(17)28-23)22-18(30)11-16(35-22)13-34-19(36(31,32)33)10-14-6-2-1-3-7-14/h1-3,6-7,12,15-16,18-19,22,30H,4-5,8-11,13H2,(H,26,27,28)(H2,31,32,33)/t16-,18+,19?,22+/m0/s1. The average Bonchev–Trinajstić information content (AvgIpc) is 3.57. The number of benzene rings is 1. The third-order valence-electron chi connectivity index (χ3n) is 6.63. The van der Waals surface area contributed by atoms with Crippen molar-refractivity contribution in [3.63, 3.8) is 0 Å². The molecule has 36 heavy (non-hydrogen) atoms. The van der Waals surface area contributed by atoms with Gasteiger partial charge in [0.15, 0.2) is 17.7 Å². The minimum atomic E-state index is -4.53. The molecule has 1 saturated carbocycles. The van der Waals surface area contributed by atoms with Gasteiger partial charge in [0.2, 0.25) is 5.28 Å². The van der Waals surface area contributed by atoms with Crippen LogP contribution >= 0.6 is 19.2 Å². The van der Waals surface area contributed by atoms with Crippen molar-refractivity contribution in [3.05, 3.63) is 47.4 Å². The third-order valence-corrected chi connectivity index (χ3v) is 7.88. The van der Waals surface area contributed by atoms with E-state index in [-0.39, 0.29) is 24.7 Å². The summed E-state index contributed by atoms with van der Waals surface area (Å²) in [4.78, 5) is 28.2. The number of aliphatic hydroxyl groups excluding tert-OH is 1. The van der Waals surface area contributed by atoms with Crippen molar-refractivity contribution in [3.8, 4) is 0 Å². The van der Waals surface area contributed by atoms with Crippen molar-refractivity contribution in [2.75, 3.05) is 11.9 Å². The van der Waals surface area contributed by atoms with Crippen LogP contribution in [-0.2, 0) is 20.5 Å². The van der Waals surface area contributed by atoms with Crippen molar-refractivity contribution in [2.24, 2.45) is 0 Å². The first-order chi connectivity index (χ1) is 17.3. The maximum atomic E-state index is 12.0. The lowest BCUT2D eigenvalue weighted by molar-refractivity contribution is -0.0705. The van der Waals surface area contributed by atoms with E-state index in [2.05, 4.69) is 20.4 Å². The van der Waals surface area contributed by atoms with Crippen LogP contribution in [0, 0.1) is 0 Å². The molecule has 5 rings (SSSR count). The number of aliphatic hydroxyl groups is 1. The average molecular weight is 538 g/mol. The van der Waals surface area contributed by atoms with Crippen molar-refractivity contribution in [2.45, 2.75) is 68.8 Å². The van der Waals surface area contributed by atoms with Crippen molar-refractivity contribution < 1.29 is 28.9 Å². The van der Waals surface area contributed by atoms with Gasteiger partial charge in [-0.05, 0) is 30.0 Å². The van der Waals surface area contributed by atoms with Gasteiger partial charge in [-0.15, -0.1) is 0 Å². The minimum absolute atomic E-state index is 0.0554. The summed E-state index contributed by atoms with van der Waals surface area (Å²) in [6.45, 7) is -0.0976. The summed E-state index contributed by atoms with van der Waals surface area (Å²) in [5, 5.41) is 19.3. The number of anilines is 1. The normalized spacial score (nSPS) is 23.9. The van der Waals surface area contributed by atoms with E-state index in [0.717, 1.165) is 18.4 Å². The highest BCUT2D eigenvalue weighted by Crippen LogP contribution is 2.44. The Kier molecular flexibility index (Phi) is 7.60. The Morgan fingerprint density at radius 1 is 1.22 bits per heavy atom. The zero-order valence-corrected chi connectivity index (χ0v) is 21.1. The molecule has 2 aromatic heterocycles. The molecule has 0 radical (unpaired) electrons. The Labute approximate surface area is 213 Å². The molecule has 13 heteroatoms. The Bertz CT molecular complexity index is 1230. The fraction of sp³-hybridized carbons (Fsp3) is 0.522. The predicted molar refractivity (Wildman–Crippen MR) is 133 cm³/mol. The van der Waals surface area contributed by atoms with Crippen LogP contribution in [0.25, 0.3) is 11.0 Å². The molecule has 11 nitrogen and oxygen atoms in total. The van der Waals surface area contributed by atoms with Crippen LogP contribution in [0.2, 0.25) is 5.28 Å². The lowest BCUT2D eigenvalue weighted by Gasteiger charge is -2.21. The molecule has 2 aliphatic rings. The Balaban J connectivity index is 1.29. The zero-order valence-electron chi connectivity index (χ0n) is 19.5. The number of aromatic nitrogens is 4. The second-order valence-electron chi connectivity index (χ2n) is 9.31. The van der Waals surface area contributed by atoms with E-state index in [4.69, 9.17) is 21.1 Å². The summed E-state index contributed by atoms with van der Waals surface area (Å²) in [6.07, 6.45) is 3.95. The number of fused-ring (bicyclic) bond motifs is 1. The molecular formula is C23H29ClN5O6P. The summed E-state index contributed by atoms with van der Waals surface area (Å²) < 4.78 is 25.1. The summed E-state index contributed by atoms with van der Waals surface area (Å²) in [7, 11) is -4.53. The SMILES string of the molecule is O=P(O)(O)C(Cc1ccccc1)OC[C@@H]1C[C@@H](O)[C@H](n2ncc3c(NC4CCCC4)nc(Cl)nc32)O1. The van der Waals surface area contributed by atoms with E-state index in [0.29, 0.717) is 22.9 Å². The van der Waals surface area contributed by atoms with Gasteiger partial charge in [0.1, 0.15) is 11.9 Å². The number of nitrogens with one attached hydrogen (secondary N) is 1. The second-order valence-corrected chi connectivity index (χ2v) is 11.4. The van der Waals surface area contributed by atoms with E-state index in [1.54, 1.807) is 30.5 Å². The summed E-state index contributed by atoms with van der Waals surface area (Å²) in [6, 6.07) is 9.30. The van der Waals surface area contributed by atoms with E-state index in [1.165, 1.54) is 17.5 Å². The smallest absolute Gasteiger partial charge is 0.354 e. The molecule has 0 spiro atoms. The molecule has 0 amide bonds. The molecule has 1 unspecified atom stereocenters. The zero-order chi connectivity index (χ0) is 25.3. The Morgan fingerprint density at radius 3 is 2.69 bits per heavy atom. The minimum Gasteiger partial charge on any atom is -0.388 e. The summed E-state index contributed by atoms with van der Waals surface area (Å²) in [5.41, 5.74) is 1.18. The highest BCUT2D eigenvalue weighted by atomic mass is 35.5. The maximum Gasteiger partial charge on any atom is 0.354 e. The van der Waals surface area contributed by atoms with Crippen LogP contribution in [0.4, 0.5) is 5.82 Å². The van der Waals surface area contributed by atoms with E-state index >= 15 is 0 Å². The van der Waals surface area contributed by atoms with Gasteiger partial charge in [0.25, 0.3) is 0 Å². The molecule has 194 valence electrons. The molecule has 1 aromatic carbocycles. The third kappa shape index (κ3) is 5.73. The van der Waals surface area contributed by atoms with Crippen LogP contribution in [-0.4, -0.2) is 65.3 Å². The van der Waals surface area contributed by atoms with Crippen LogP contribution in [0.3, 0.4) is 0 Å². The quantitative estimate of drug-likeness (QED) is 0.236. The largest absolute Gasteiger partial charge is 0.388 e. The van der Waals surface area contributed by atoms with E-state index in [9.17, 15) is 19.5 Å². The first-order valence-electron chi connectivity index (χ1n) is 12.0. The van der Waals surface area contributed by atoms with Gasteiger partial charge in [-0.2, -0.15) is 15.1 Å². The van der Waals surface area contributed by atoms with Gasteiger partial charge < -0.3 is 29.7 Å². The summed E-state index contributed by atoms with van der Waals surface area (Å²) >= 11 is 6.20. The van der Waals surface area contributed by atoms with Crippen molar-refractivity contribution in [1.82, 2.24) is 19.7 Å². The van der Waals surface area contributed by atoms with Crippen LogP contribution in [0.1, 0.15) is 43.9 Å². The lowest BCUT2D eigenvalue weighted by Crippen LogP contribution is -2.24.